The van der Waals surface area contributed by atoms with E-state index in [0.717, 1.165) is 5.56 Å². The molecule has 1 N–H and O–H groups in total. The maximum absolute atomic E-state index is 13.6. The van der Waals surface area contributed by atoms with Crippen molar-refractivity contribution in [3.63, 3.8) is 0 Å². The van der Waals surface area contributed by atoms with Crippen molar-refractivity contribution >= 4 is 39.9 Å². The molecule has 0 radical (unpaired) electrons. The van der Waals surface area contributed by atoms with Crippen LogP contribution in [0.1, 0.15) is 10.4 Å². The fraction of sp³-hybridized carbons (Fsp3) is 0.0909. The average Bonchev–Trinajstić information content (AvgIpc) is 2.76. The lowest BCUT2D eigenvalue weighted by Gasteiger charge is -2.14. The fourth-order valence-corrected chi connectivity index (χ4v) is 3.13. The summed E-state index contributed by atoms with van der Waals surface area (Å²) in [6.07, 6.45) is 3.34. The number of hydrogen-bond donors (Lipinski definition) is 1. The average molecular weight is 422 g/mol. The van der Waals surface area contributed by atoms with E-state index in [1.165, 1.54) is 17.0 Å². The summed E-state index contributed by atoms with van der Waals surface area (Å²) >= 11 is 5.92. The summed E-state index contributed by atoms with van der Waals surface area (Å²) in [6.45, 7) is 0. The third kappa shape index (κ3) is 3.92. The Hall–Kier alpha value is -3.58. The maximum Gasteiger partial charge on any atom is 0.253 e. The topological polar surface area (TPSA) is 71.0 Å². The van der Waals surface area contributed by atoms with Gasteiger partial charge in [-0.25, -0.2) is 14.4 Å². The number of benzene rings is 2. The van der Waals surface area contributed by atoms with Gasteiger partial charge in [0.1, 0.15) is 11.6 Å². The molecular weight excluding hydrogens is 405 g/mol. The molecule has 0 spiro atoms. The minimum atomic E-state index is -0.510. The first-order chi connectivity index (χ1) is 14.4. The Bertz CT molecular complexity index is 1250. The number of nitrogens with one attached hydrogen (secondary N) is 1. The SMILES string of the molecule is CN(C)C(=O)c1ccc2nc(-c3cccnc3)nc(Nc3ccc(F)c(Cl)c3)c2c1. The molecule has 150 valence electrons. The first-order valence-electron chi connectivity index (χ1n) is 9.08. The molecule has 0 saturated carbocycles. The van der Waals surface area contributed by atoms with Gasteiger partial charge in [-0.15, -0.1) is 0 Å². The Balaban J connectivity index is 1.89. The van der Waals surface area contributed by atoms with Gasteiger partial charge < -0.3 is 10.2 Å². The quantitative estimate of drug-likeness (QED) is 0.506. The lowest BCUT2D eigenvalue weighted by Crippen LogP contribution is -2.21. The number of carbonyl (C=O) groups is 1. The second kappa shape index (κ2) is 8.04. The molecule has 0 aliphatic rings. The van der Waals surface area contributed by atoms with Gasteiger partial charge in [0.05, 0.1) is 10.5 Å². The van der Waals surface area contributed by atoms with Crippen molar-refractivity contribution in [3.05, 3.63) is 77.3 Å². The normalized spacial score (nSPS) is 10.8. The largest absolute Gasteiger partial charge is 0.345 e. The van der Waals surface area contributed by atoms with E-state index in [-0.39, 0.29) is 10.9 Å². The summed E-state index contributed by atoms with van der Waals surface area (Å²) < 4.78 is 13.6. The molecule has 2 aromatic carbocycles. The highest BCUT2D eigenvalue weighted by Crippen LogP contribution is 2.29. The molecule has 0 unspecified atom stereocenters. The van der Waals surface area contributed by atoms with Crippen LogP contribution in [0.4, 0.5) is 15.9 Å². The van der Waals surface area contributed by atoms with Gasteiger partial charge in [0.15, 0.2) is 5.82 Å². The van der Waals surface area contributed by atoms with Crippen LogP contribution in [-0.4, -0.2) is 39.9 Å². The van der Waals surface area contributed by atoms with Crippen LogP contribution in [-0.2, 0) is 0 Å². The Kier molecular flexibility index (Phi) is 5.29. The molecular formula is C22H17ClFN5O. The summed E-state index contributed by atoms with van der Waals surface area (Å²) in [5, 5.41) is 3.82. The minimum absolute atomic E-state index is 0.00526. The Morgan fingerprint density at radius 3 is 2.63 bits per heavy atom. The number of hydrogen-bond acceptors (Lipinski definition) is 5. The second-order valence-corrected chi connectivity index (χ2v) is 7.23. The first-order valence-corrected chi connectivity index (χ1v) is 9.46. The Morgan fingerprint density at radius 2 is 1.93 bits per heavy atom. The molecule has 6 nitrogen and oxygen atoms in total. The van der Waals surface area contributed by atoms with Crippen LogP contribution >= 0.6 is 11.6 Å². The van der Waals surface area contributed by atoms with Gasteiger partial charge in [-0.1, -0.05) is 11.6 Å². The summed E-state index contributed by atoms with van der Waals surface area (Å²) in [6, 6.07) is 13.2. The lowest BCUT2D eigenvalue weighted by atomic mass is 10.1. The van der Waals surface area contributed by atoms with Crippen molar-refractivity contribution in [1.82, 2.24) is 19.9 Å². The third-order valence-corrected chi connectivity index (χ3v) is 4.74. The number of fused-ring (bicyclic) bond motifs is 1. The molecule has 2 heterocycles. The van der Waals surface area contributed by atoms with Crippen LogP contribution in [0.5, 0.6) is 0 Å². The number of amides is 1. The zero-order valence-corrected chi connectivity index (χ0v) is 17.0. The fourth-order valence-electron chi connectivity index (χ4n) is 2.95. The smallest absolute Gasteiger partial charge is 0.253 e. The van der Waals surface area contributed by atoms with E-state index in [4.69, 9.17) is 11.6 Å². The van der Waals surface area contributed by atoms with Gasteiger partial charge >= 0.3 is 0 Å². The molecule has 8 heteroatoms. The number of carbonyl (C=O) groups excluding carboxylic acids is 1. The number of rotatable bonds is 4. The predicted molar refractivity (Wildman–Crippen MR) is 115 cm³/mol. The van der Waals surface area contributed by atoms with Crippen molar-refractivity contribution in [2.24, 2.45) is 0 Å². The number of pyridine rings is 1. The molecule has 0 aliphatic heterocycles. The van der Waals surface area contributed by atoms with Crippen LogP contribution in [0.25, 0.3) is 22.3 Å². The molecule has 0 atom stereocenters. The minimum Gasteiger partial charge on any atom is -0.345 e. The number of aromatic nitrogens is 3. The number of anilines is 2. The highest BCUT2D eigenvalue weighted by molar-refractivity contribution is 6.31. The van der Waals surface area contributed by atoms with Crippen molar-refractivity contribution in [3.8, 4) is 11.4 Å². The van der Waals surface area contributed by atoms with Crippen LogP contribution in [0.3, 0.4) is 0 Å². The monoisotopic (exact) mass is 421 g/mol. The summed E-state index contributed by atoms with van der Waals surface area (Å²) in [7, 11) is 3.38. The molecule has 1 amide bonds. The molecule has 0 fully saturated rings. The van der Waals surface area contributed by atoms with E-state index in [1.54, 1.807) is 56.8 Å². The zero-order chi connectivity index (χ0) is 21.3. The number of nitrogens with zero attached hydrogens (tertiary/aromatic N) is 4. The van der Waals surface area contributed by atoms with Crippen molar-refractivity contribution in [2.75, 3.05) is 19.4 Å². The van der Waals surface area contributed by atoms with Gasteiger partial charge in [0, 0.05) is 48.7 Å². The van der Waals surface area contributed by atoms with Crippen LogP contribution < -0.4 is 5.32 Å². The highest BCUT2D eigenvalue weighted by atomic mass is 35.5. The van der Waals surface area contributed by atoms with E-state index >= 15 is 0 Å². The van der Waals surface area contributed by atoms with Crippen molar-refractivity contribution in [2.45, 2.75) is 0 Å². The zero-order valence-electron chi connectivity index (χ0n) is 16.2. The van der Waals surface area contributed by atoms with Crippen LogP contribution in [0, 0.1) is 5.82 Å². The van der Waals surface area contributed by atoms with E-state index in [0.29, 0.717) is 33.8 Å². The molecule has 4 aromatic rings. The third-order valence-electron chi connectivity index (χ3n) is 4.45. The standard InChI is InChI=1S/C22H17ClFN5O/c1-29(2)22(30)13-5-8-19-16(10-13)21(26-15-6-7-18(24)17(23)11-15)28-20(27-19)14-4-3-9-25-12-14/h3-12H,1-2H3,(H,26,27,28). The van der Waals surface area contributed by atoms with Gasteiger partial charge in [0.25, 0.3) is 5.91 Å². The van der Waals surface area contributed by atoms with Gasteiger partial charge in [0.2, 0.25) is 0 Å². The summed E-state index contributed by atoms with van der Waals surface area (Å²) in [5.41, 5.74) is 2.45. The Morgan fingerprint density at radius 1 is 1.10 bits per heavy atom. The highest BCUT2D eigenvalue weighted by Gasteiger charge is 2.15. The second-order valence-electron chi connectivity index (χ2n) is 6.82. The molecule has 2 aromatic heterocycles. The van der Waals surface area contributed by atoms with E-state index in [1.807, 2.05) is 6.07 Å². The maximum atomic E-state index is 13.6. The summed E-state index contributed by atoms with van der Waals surface area (Å²) in [4.78, 5) is 27.3. The molecule has 0 aliphatic carbocycles. The van der Waals surface area contributed by atoms with Crippen molar-refractivity contribution in [1.29, 1.82) is 0 Å². The van der Waals surface area contributed by atoms with Crippen LogP contribution in [0.2, 0.25) is 5.02 Å². The van der Waals surface area contributed by atoms with E-state index in [2.05, 4.69) is 20.3 Å². The molecule has 0 bridgehead atoms. The molecule has 30 heavy (non-hydrogen) atoms. The van der Waals surface area contributed by atoms with Crippen LogP contribution in [0.15, 0.2) is 60.9 Å². The van der Waals surface area contributed by atoms with Gasteiger partial charge in [-0.2, -0.15) is 0 Å². The first kappa shape index (κ1) is 19.7. The summed E-state index contributed by atoms with van der Waals surface area (Å²) in [5.74, 6) is 0.293. The predicted octanol–water partition coefficient (Wildman–Crippen LogP) is 4.93. The van der Waals surface area contributed by atoms with E-state index in [9.17, 15) is 9.18 Å². The molecule has 0 saturated heterocycles. The molecule has 4 rings (SSSR count). The van der Waals surface area contributed by atoms with Gasteiger partial charge in [-0.05, 0) is 48.5 Å². The Labute approximate surface area is 177 Å². The lowest BCUT2D eigenvalue weighted by molar-refractivity contribution is 0.0828. The van der Waals surface area contributed by atoms with Crippen molar-refractivity contribution < 1.29 is 9.18 Å². The number of halogens is 2. The van der Waals surface area contributed by atoms with Gasteiger partial charge in [-0.3, -0.25) is 9.78 Å². The van der Waals surface area contributed by atoms with E-state index < -0.39 is 5.82 Å².